The number of benzene rings is 2. The molecule has 38 heavy (non-hydrogen) atoms. The van der Waals surface area contributed by atoms with Crippen LogP contribution < -0.4 is 5.73 Å². The van der Waals surface area contributed by atoms with Crippen LogP contribution in [0.25, 0.3) is 16.7 Å². The molecule has 0 bridgehead atoms. The number of hydrogen-bond donors (Lipinski definition) is 1. The quantitative estimate of drug-likeness (QED) is 0.314. The molecular weight excluding hydrogens is 458 g/mol. The fraction of sp³-hybridized carbons (Fsp3) is 0.459. The average Bonchev–Trinajstić information content (AvgIpc) is 3.43. The van der Waals surface area contributed by atoms with Crippen LogP contribution in [0, 0.1) is 18.1 Å². The van der Waals surface area contributed by atoms with Crippen LogP contribution in [0.4, 0.5) is 5.69 Å². The molecule has 0 atom stereocenters. The van der Waals surface area contributed by atoms with Gasteiger partial charge in [-0.2, -0.15) is 0 Å². The largest absolute Gasteiger partial charge is 0.399 e. The number of anilines is 1. The Balaban J connectivity index is 0.000000339. The molecule has 0 fully saturated rings. The van der Waals surface area contributed by atoms with E-state index in [2.05, 4.69) is 83.2 Å². The van der Waals surface area contributed by atoms with E-state index in [9.17, 15) is 0 Å². The highest BCUT2D eigenvalue weighted by Crippen LogP contribution is 2.32. The summed E-state index contributed by atoms with van der Waals surface area (Å²) in [6.45, 7) is 19.1. The number of nitrogen functional groups attached to an aromatic ring is 1. The molecule has 1 nitrogen and oxygen atoms in total. The Morgan fingerprint density at radius 2 is 1.71 bits per heavy atom. The molecule has 1 aliphatic rings. The summed E-state index contributed by atoms with van der Waals surface area (Å²) in [6.07, 6.45) is 10.6. The Kier molecular flexibility index (Phi) is 15.9. The molecule has 0 radical (unpaired) electrons. The van der Waals surface area contributed by atoms with Crippen LogP contribution in [0.15, 0.2) is 54.6 Å². The molecule has 0 heterocycles. The van der Waals surface area contributed by atoms with Crippen molar-refractivity contribution in [3.8, 4) is 11.1 Å². The smallest absolute Gasteiger partial charge is 0.0320 e. The third-order valence-corrected chi connectivity index (χ3v) is 6.62. The molecule has 3 aromatic rings. The summed E-state index contributed by atoms with van der Waals surface area (Å²) in [5, 5.41) is 0. The first-order chi connectivity index (χ1) is 18.5. The van der Waals surface area contributed by atoms with Gasteiger partial charge in [0.1, 0.15) is 0 Å². The van der Waals surface area contributed by atoms with Crippen LogP contribution in [-0.2, 0) is 25.7 Å². The molecule has 0 spiro atoms. The minimum Gasteiger partial charge on any atom is -0.399 e. The lowest BCUT2D eigenvalue weighted by Crippen LogP contribution is -1.98. The van der Waals surface area contributed by atoms with Gasteiger partial charge in [-0.15, -0.1) is 0 Å². The van der Waals surface area contributed by atoms with Gasteiger partial charge in [-0.1, -0.05) is 104 Å². The van der Waals surface area contributed by atoms with Gasteiger partial charge in [0.2, 0.25) is 0 Å². The Labute approximate surface area is 235 Å². The fourth-order valence-corrected chi connectivity index (χ4v) is 4.99. The van der Waals surface area contributed by atoms with E-state index in [0.717, 1.165) is 24.9 Å². The maximum atomic E-state index is 5.88. The Hall–Kier alpha value is -2.98. The molecule has 0 aromatic heterocycles. The van der Waals surface area contributed by atoms with Gasteiger partial charge in [-0.25, -0.2) is 0 Å². The SMILES string of the molecule is C/C=C(/CCC)c1ccc#cc1CC(C)C.CC.CC.CCc1cc(-c2cccc(N)c2)cc2c1CCC2. The van der Waals surface area contributed by atoms with E-state index in [1.807, 2.05) is 45.9 Å². The van der Waals surface area contributed by atoms with Crippen molar-refractivity contribution in [1.82, 2.24) is 0 Å². The van der Waals surface area contributed by atoms with Crippen LogP contribution in [0.2, 0.25) is 0 Å². The summed E-state index contributed by atoms with van der Waals surface area (Å²) < 4.78 is 0. The zero-order chi connectivity index (χ0) is 28.5. The molecule has 1 heteroatoms. The highest BCUT2D eigenvalue weighted by atomic mass is 14.5. The van der Waals surface area contributed by atoms with Crippen molar-refractivity contribution in [2.45, 2.75) is 107 Å². The number of rotatable bonds is 7. The summed E-state index contributed by atoms with van der Waals surface area (Å²) in [5.74, 6) is 0.672. The predicted molar refractivity (Wildman–Crippen MR) is 172 cm³/mol. The van der Waals surface area contributed by atoms with Gasteiger partial charge >= 0.3 is 0 Å². The van der Waals surface area contributed by atoms with Crippen LogP contribution in [0.3, 0.4) is 0 Å². The summed E-state index contributed by atoms with van der Waals surface area (Å²) in [5.41, 5.74) is 18.1. The summed E-state index contributed by atoms with van der Waals surface area (Å²) in [4.78, 5) is 0. The average molecular weight is 512 g/mol. The minimum atomic E-state index is 0.672. The third-order valence-electron chi connectivity index (χ3n) is 6.62. The van der Waals surface area contributed by atoms with Gasteiger partial charge in [-0.05, 0) is 115 Å². The third kappa shape index (κ3) is 9.72. The van der Waals surface area contributed by atoms with E-state index in [-0.39, 0.29) is 0 Å². The number of hydrogen-bond acceptors (Lipinski definition) is 1. The van der Waals surface area contributed by atoms with E-state index < -0.39 is 0 Å². The lowest BCUT2D eigenvalue weighted by molar-refractivity contribution is 0.646. The molecule has 0 saturated carbocycles. The number of fused-ring (bicyclic) bond motifs is 1. The summed E-state index contributed by atoms with van der Waals surface area (Å²) in [7, 11) is 0. The van der Waals surface area contributed by atoms with Gasteiger partial charge in [0.15, 0.2) is 0 Å². The maximum absolute atomic E-state index is 5.88. The standard InChI is InChI=1S/C17H19N.C16H22.2C2H6/c1-2-12-9-15(10-14-6-4-8-17(12)14)13-5-3-7-16(18)11-13;1-5-9-14(6-2)16-11-8-7-10-15(16)12-13(3)4;2*1-2/h3,5,7,9-11H,2,4,6,8,18H2,1H3;6,8,11,13H,5,9,12H2,1-4H3;2*1-2H3/b;14-6-;;. The first-order valence-corrected chi connectivity index (χ1v) is 15.0. The van der Waals surface area contributed by atoms with Gasteiger partial charge < -0.3 is 5.73 Å². The van der Waals surface area contributed by atoms with Gasteiger partial charge in [0, 0.05) is 11.3 Å². The van der Waals surface area contributed by atoms with Crippen molar-refractivity contribution in [3.05, 3.63) is 94.6 Å². The van der Waals surface area contributed by atoms with E-state index in [1.54, 1.807) is 11.1 Å². The Bertz CT molecular complexity index is 1100. The minimum absolute atomic E-state index is 0.672. The molecule has 3 aromatic carbocycles. The zero-order valence-electron chi connectivity index (χ0n) is 25.8. The monoisotopic (exact) mass is 511 g/mol. The lowest BCUT2D eigenvalue weighted by atomic mass is 9.93. The predicted octanol–water partition coefficient (Wildman–Crippen LogP) is 10.7. The number of aryl methyl sites for hydroxylation is 2. The van der Waals surface area contributed by atoms with Crippen LogP contribution in [0.5, 0.6) is 0 Å². The number of allylic oxidation sites excluding steroid dienone is 2. The molecule has 0 aliphatic heterocycles. The van der Waals surface area contributed by atoms with E-state index in [4.69, 9.17) is 5.73 Å². The molecule has 0 amide bonds. The summed E-state index contributed by atoms with van der Waals surface area (Å²) in [6, 6.07) is 23.4. The van der Waals surface area contributed by atoms with Crippen molar-refractivity contribution in [3.63, 3.8) is 0 Å². The van der Waals surface area contributed by atoms with Crippen molar-refractivity contribution in [2.75, 3.05) is 5.73 Å². The van der Waals surface area contributed by atoms with E-state index in [0.29, 0.717) is 5.92 Å². The Morgan fingerprint density at radius 1 is 0.974 bits per heavy atom. The molecule has 1 aliphatic carbocycles. The summed E-state index contributed by atoms with van der Waals surface area (Å²) >= 11 is 0. The van der Waals surface area contributed by atoms with Crippen molar-refractivity contribution in [1.29, 1.82) is 0 Å². The molecule has 0 saturated heterocycles. The van der Waals surface area contributed by atoms with Gasteiger partial charge in [0.05, 0.1) is 0 Å². The second kappa shape index (κ2) is 18.3. The van der Waals surface area contributed by atoms with E-state index >= 15 is 0 Å². The highest BCUT2D eigenvalue weighted by Gasteiger charge is 2.15. The fourth-order valence-electron chi connectivity index (χ4n) is 4.99. The molecule has 206 valence electrons. The van der Waals surface area contributed by atoms with Gasteiger partial charge in [-0.3, -0.25) is 0 Å². The topological polar surface area (TPSA) is 26.0 Å². The molecule has 2 N–H and O–H groups in total. The maximum Gasteiger partial charge on any atom is 0.0320 e. The molecule has 0 unspecified atom stereocenters. The molecular formula is C37H53N. The van der Waals surface area contributed by atoms with Gasteiger partial charge in [0.25, 0.3) is 0 Å². The van der Waals surface area contributed by atoms with Crippen LogP contribution in [0.1, 0.15) is 109 Å². The second-order valence-corrected chi connectivity index (χ2v) is 9.76. The van der Waals surface area contributed by atoms with Crippen LogP contribution >= 0.6 is 0 Å². The Morgan fingerprint density at radius 3 is 2.32 bits per heavy atom. The second-order valence-electron chi connectivity index (χ2n) is 9.76. The first kappa shape index (κ1) is 33.0. The van der Waals surface area contributed by atoms with Crippen molar-refractivity contribution < 1.29 is 0 Å². The van der Waals surface area contributed by atoms with Crippen molar-refractivity contribution >= 4 is 11.3 Å². The number of nitrogens with two attached hydrogens (primary N) is 1. The van der Waals surface area contributed by atoms with E-state index in [1.165, 1.54) is 59.1 Å². The van der Waals surface area contributed by atoms with Crippen LogP contribution in [-0.4, -0.2) is 0 Å². The van der Waals surface area contributed by atoms with Crippen molar-refractivity contribution in [2.24, 2.45) is 5.92 Å². The lowest BCUT2D eigenvalue weighted by Gasteiger charge is -2.11. The molecule has 4 rings (SSSR count). The highest BCUT2D eigenvalue weighted by molar-refractivity contribution is 5.70. The first-order valence-electron chi connectivity index (χ1n) is 15.0. The normalized spacial score (nSPS) is 11.7. The zero-order valence-corrected chi connectivity index (χ0v) is 25.8.